The lowest BCUT2D eigenvalue weighted by atomic mass is 10.2. The predicted molar refractivity (Wildman–Crippen MR) is 72.9 cm³/mol. The molecular weight excluding hydrogens is 262 g/mol. The maximum Gasteiger partial charge on any atom is 0.338 e. The summed E-state index contributed by atoms with van der Waals surface area (Å²) in [4.78, 5) is 34.2. The standard InChI is InChI=1S/C13H17N3O4/c1-8(2)15-13(19)16-11(17)7-20-12(18)9-3-5-10(14)6-4-9/h3-6,8H,7,14H2,1-2H3,(H2,15,16,17,19). The molecule has 1 aromatic carbocycles. The van der Waals surface area contributed by atoms with Crippen molar-refractivity contribution in [3.63, 3.8) is 0 Å². The number of ether oxygens (including phenoxy) is 1. The van der Waals surface area contributed by atoms with Crippen LogP contribution in [-0.4, -0.2) is 30.6 Å². The number of nitrogens with two attached hydrogens (primary N) is 1. The van der Waals surface area contributed by atoms with Crippen LogP contribution in [0.15, 0.2) is 24.3 Å². The maximum absolute atomic E-state index is 11.6. The fourth-order valence-corrected chi connectivity index (χ4v) is 1.29. The molecule has 7 nitrogen and oxygen atoms in total. The maximum atomic E-state index is 11.6. The predicted octanol–water partition coefficient (Wildman–Crippen LogP) is 0.660. The molecule has 0 aromatic heterocycles. The highest BCUT2D eigenvalue weighted by Crippen LogP contribution is 2.06. The Morgan fingerprint density at radius 1 is 1.20 bits per heavy atom. The molecule has 4 N–H and O–H groups in total. The van der Waals surface area contributed by atoms with Crippen molar-refractivity contribution in [2.45, 2.75) is 19.9 Å². The number of hydrogen-bond donors (Lipinski definition) is 3. The summed E-state index contributed by atoms with van der Waals surface area (Å²) in [6.45, 7) is 2.98. The number of carbonyl (C=O) groups is 3. The zero-order chi connectivity index (χ0) is 15.1. The van der Waals surface area contributed by atoms with E-state index < -0.39 is 24.5 Å². The third-order valence-electron chi connectivity index (χ3n) is 2.15. The highest BCUT2D eigenvalue weighted by molar-refractivity contribution is 5.97. The third kappa shape index (κ3) is 5.38. The molecule has 0 radical (unpaired) electrons. The Hall–Kier alpha value is -2.57. The number of imide groups is 1. The van der Waals surface area contributed by atoms with Crippen molar-refractivity contribution in [2.24, 2.45) is 0 Å². The van der Waals surface area contributed by atoms with Crippen molar-refractivity contribution in [3.05, 3.63) is 29.8 Å². The molecule has 0 bridgehead atoms. The molecule has 1 aromatic rings. The fraction of sp³-hybridized carbons (Fsp3) is 0.308. The van der Waals surface area contributed by atoms with E-state index in [1.807, 2.05) is 5.32 Å². The first-order chi connectivity index (χ1) is 9.38. The quantitative estimate of drug-likeness (QED) is 0.554. The number of amides is 3. The molecule has 20 heavy (non-hydrogen) atoms. The van der Waals surface area contributed by atoms with Gasteiger partial charge in [-0.3, -0.25) is 10.1 Å². The van der Waals surface area contributed by atoms with Gasteiger partial charge in [-0.25, -0.2) is 9.59 Å². The Morgan fingerprint density at radius 2 is 1.80 bits per heavy atom. The Bertz CT molecular complexity index is 497. The van der Waals surface area contributed by atoms with Gasteiger partial charge in [-0.1, -0.05) is 0 Å². The van der Waals surface area contributed by atoms with Crippen LogP contribution in [0.4, 0.5) is 10.5 Å². The van der Waals surface area contributed by atoms with Gasteiger partial charge in [-0.15, -0.1) is 0 Å². The Labute approximate surface area is 116 Å². The highest BCUT2D eigenvalue weighted by atomic mass is 16.5. The minimum atomic E-state index is -0.702. The van der Waals surface area contributed by atoms with E-state index in [2.05, 4.69) is 5.32 Å². The van der Waals surface area contributed by atoms with Gasteiger partial charge in [0.05, 0.1) is 5.56 Å². The number of anilines is 1. The summed E-state index contributed by atoms with van der Waals surface area (Å²) in [5.41, 5.74) is 6.28. The number of urea groups is 1. The first-order valence-electron chi connectivity index (χ1n) is 6.01. The fourth-order valence-electron chi connectivity index (χ4n) is 1.29. The van der Waals surface area contributed by atoms with E-state index in [-0.39, 0.29) is 11.6 Å². The van der Waals surface area contributed by atoms with Gasteiger partial charge in [0.2, 0.25) is 0 Å². The van der Waals surface area contributed by atoms with Gasteiger partial charge >= 0.3 is 12.0 Å². The van der Waals surface area contributed by atoms with Crippen LogP contribution in [0.25, 0.3) is 0 Å². The van der Waals surface area contributed by atoms with Crippen LogP contribution in [0.5, 0.6) is 0 Å². The first kappa shape index (κ1) is 15.5. The summed E-state index contributed by atoms with van der Waals surface area (Å²) < 4.78 is 4.76. The lowest BCUT2D eigenvalue weighted by Gasteiger charge is -2.09. The van der Waals surface area contributed by atoms with E-state index in [4.69, 9.17) is 10.5 Å². The Morgan fingerprint density at radius 3 is 2.35 bits per heavy atom. The minimum absolute atomic E-state index is 0.0971. The van der Waals surface area contributed by atoms with E-state index in [0.29, 0.717) is 5.69 Å². The zero-order valence-corrected chi connectivity index (χ0v) is 11.3. The molecule has 0 heterocycles. The minimum Gasteiger partial charge on any atom is -0.452 e. The topological polar surface area (TPSA) is 111 Å². The summed E-state index contributed by atoms with van der Waals surface area (Å²) in [5.74, 6) is -1.36. The molecule has 0 saturated heterocycles. The van der Waals surface area contributed by atoms with Gasteiger partial charge in [0.1, 0.15) is 0 Å². The SMILES string of the molecule is CC(C)NC(=O)NC(=O)COC(=O)c1ccc(N)cc1. The Balaban J connectivity index is 2.39. The molecule has 0 aliphatic heterocycles. The second kappa shape index (κ2) is 7.13. The molecule has 1 rings (SSSR count). The van der Waals surface area contributed by atoms with Crippen molar-refractivity contribution in [1.82, 2.24) is 10.6 Å². The van der Waals surface area contributed by atoms with Crippen molar-refractivity contribution in [2.75, 3.05) is 12.3 Å². The number of esters is 1. The molecule has 0 unspecified atom stereocenters. The lowest BCUT2D eigenvalue weighted by Crippen LogP contribution is -2.44. The molecule has 7 heteroatoms. The molecule has 0 aliphatic rings. The monoisotopic (exact) mass is 279 g/mol. The first-order valence-corrected chi connectivity index (χ1v) is 6.01. The molecule has 0 fully saturated rings. The van der Waals surface area contributed by atoms with Crippen LogP contribution >= 0.6 is 0 Å². The summed E-state index contributed by atoms with van der Waals surface area (Å²) in [7, 11) is 0. The van der Waals surface area contributed by atoms with Gasteiger partial charge in [0, 0.05) is 11.7 Å². The molecular formula is C13H17N3O4. The highest BCUT2D eigenvalue weighted by Gasteiger charge is 2.12. The third-order valence-corrected chi connectivity index (χ3v) is 2.15. The number of carbonyl (C=O) groups excluding carboxylic acids is 3. The van der Waals surface area contributed by atoms with Crippen molar-refractivity contribution in [1.29, 1.82) is 0 Å². The smallest absolute Gasteiger partial charge is 0.338 e. The molecule has 0 aliphatic carbocycles. The number of hydrogen-bond acceptors (Lipinski definition) is 5. The van der Waals surface area contributed by atoms with Crippen LogP contribution in [0.3, 0.4) is 0 Å². The second-order valence-corrected chi connectivity index (χ2v) is 4.37. The molecule has 0 atom stereocenters. The van der Waals surface area contributed by atoms with Crippen LogP contribution < -0.4 is 16.4 Å². The summed E-state index contributed by atoms with van der Waals surface area (Å²) in [6.07, 6.45) is 0. The average Bonchev–Trinajstić information content (AvgIpc) is 2.35. The molecule has 0 saturated carbocycles. The summed E-state index contributed by atoms with van der Waals surface area (Å²) in [5, 5.41) is 4.51. The van der Waals surface area contributed by atoms with Crippen LogP contribution in [0, 0.1) is 0 Å². The van der Waals surface area contributed by atoms with Crippen LogP contribution in [-0.2, 0) is 9.53 Å². The molecule has 108 valence electrons. The number of rotatable bonds is 4. The van der Waals surface area contributed by atoms with Crippen molar-refractivity contribution >= 4 is 23.6 Å². The summed E-state index contributed by atoms with van der Waals surface area (Å²) in [6, 6.07) is 5.34. The van der Waals surface area contributed by atoms with Crippen LogP contribution in [0.2, 0.25) is 0 Å². The summed E-state index contributed by atoms with van der Waals surface area (Å²) >= 11 is 0. The average molecular weight is 279 g/mol. The number of nitrogen functional groups attached to an aromatic ring is 1. The van der Waals surface area contributed by atoms with Crippen molar-refractivity contribution in [3.8, 4) is 0 Å². The van der Waals surface area contributed by atoms with E-state index in [1.54, 1.807) is 26.0 Å². The largest absolute Gasteiger partial charge is 0.452 e. The van der Waals surface area contributed by atoms with Crippen molar-refractivity contribution < 1.29 is 19.1 Å². The van der Waals surface area contributed by atoms with Gasteiger partial charge in [-0.2, -0.15) is 0 Å². The van der Waals surface area contributed by atoms with Gasteiger partial charge in [0.25, 0.3) is 5.91 Å². The van der Waals surface area contributed by atoms with E-state index >= 15 is 0 Å². The molecule has 3 amide bonds. The number of nitrogens with one attached hydrogen (secondary N) is 2. The second-order valence-electron chi connectivity index (χ2n) is 4.37. The normalized spacial score (nSPS) is 9.95. The van der Waals surface area contributed by atoms with Gasteiger partial charge < -0.3 is 15.8 Å². The van der Waals surface area contributed by atoms with E-state index in [1.165, 1.54) is 12.1 Å². The van der Waals surface area contributed by atoms with E-state index in [0.717, 1.165) is 0 Å². The van der Waals surface area contributed by atoms with Crippen LogP contribution in [0.1, 0.15) is 24.2 Å². The van der Waals surface area contributed by atoms with Gasteiger partial charge in [0.15, 0.2) is 6.61 Å². The Kier molecular flexibility index (Phi) is 5.52. The number of benzene rings is 1. The molecule has 0 spiro atoms. The van der Waals surface area contributed by atoms with E-state index in [9.17, 15) is 14.4 Å². The van der Waals surface area contributed by atoms with Gasteiger partial charge in [-0.05, 0) is 38.1 Å². The zero-order valence-electron chi connectivity index (χ0n) is 11.3. The lowest BCUT2D eigenvalue weighted by molar-refractivity contribution is -0.123.